The highest BCUT2D eigenvalue weighted by molar-refractivity contribution is 5.83. The number of aromatic nitrogens is 1. The zero-order chi connectivity index (χ0) is 11.0. The Morgan fingerprint density at radius 2 is 2.07 bits per heavy atom. The van der Waals surface area contributed by atoms with Gasteiger partial charge in [0.2, 0.25) is 0 Å². The van der Waals surface area contributed by atoms with Crippen LogP contribution < -0.4 is 5.73 Å². The number of hydrogen-bond donors (Lipinski definition) is 2. The van der Waals surface area contributed by atoms with Crippen molar-refractivity contribution in [3.63, 3.8) is 0 Å². The first kappa shape index (κ1) is 10.1. The Kier molecular flexibility index (Phi) is 2.40. The molecule has 0 saturated heterocycles. The number of hydrogen-bond acceptors (Lipinski definition) is 2. The second-order valence-electron chi connectivity index (χ2n) is 4.05. The molecular formula is C12H16N2O. The molecule has 0 unspecified atom stereocenters. The maximum Gasteiger partial charge on any atom is 0.116 e. The minimum Gasteiger partial charge on any atom is -0.508 e. The standard InChI is InChI=1S/C12H16N2O/c1-8(2)14-10(7-13)5-9-6-11(15)3-4-12(9)14/h3-6,8,15H,7,13H2,1-2H3. The molecule has 15 heavy (non-hydrogen) atoms. The molecule has 2 aromatic rings. The van der Waals surface area contributed by atoms with Gasteiger partial charge in [0.1, 0.15) is 5.75 Å². The van der Waals surface area contributed by atoms with Crippen LogP contribution >= 0.6 is 0 Å². The lowest BCUT2D eigenvalue weighted by atomic mass is 10.2. The van der Waals surface area contributed by atoms with E-state index in [0.29, 0.717) is 18.3 Å². The molecule has 0 spiro atoms. The van der Waals surface area contributed by atoms with Crippen LogP contribution in [0.3, 0.4) is 0 Å². The lowest BCUT2D eigenvalue weighted by Crippen LogP contribution is -2.08. The molecule has 80 valence electrons. The van der Waals surface area contributed by atoms with Crippen molar-refractivity contribution < 1.29 is 5.11 Å². The van der Waals surface area contributed by atoms with Crippen LogP contribution in [0.15, 0.2) is 24.3 Å². The van der Waals surface area contributed by atoms with Crippen LogP contribution in [0.4, 0.5) is 0 Å². The van der Waals surface area contributed by atoms with Crippen molar-refractivity contribution in [2.24, 2.45) is 5.73 Å². The fraction of sp³-hybridized carbons (Fsp3) is 0.333. The molecule has 0 saturated carbocycles. The monoisotopic (exact) mass is 204 g/mol. The Bertz CT molecular complexity index is 486. The quantitative estimate of drug-likeness (QED) is 0.789. The topological polar surface area (TPSA) is 51.2 Å². The van der Waals surface area contributed by atoms with Gasteiger partial charge in [0, 0.05) is 29.2 Å². The van der Waals surface area contributed by atoms with E-state index in [0.717, 1.165) is 16.6 Å². The van der Waals surface area contributed by atoms with E-state index in [1.54, 1.807) is 12.1 Å². The number of nitrogens with zero attached hydrogens (tertiary/aromatic N) is 1. The number of benzene rings is 1. The average Bonchev–Trinajstić information content (AvgIpc) is 2.54. The van der Waals surface area contributed by atoms with E-state index in [4.69, 9.17) is 5.73 Å². The zero-order valence-corrected chi connectivity index (χ0v) is 9.07. The van der Waals surface area contributed by atoms with Crippen molar-refractivity contribution >= 4 is 10.9 Å². The third-order valence-electron chi connectivity index (χ3n) is 2.63. The summed E-state index contributed by atoms with van der Waals surface area (Å²) in [6, 6.07) is 7.83. The summed E-state index contributed by atoms with van der Waals surface area (Å²) >= 11 is 0. The van der Waals surface area contributed by atoms with E-state index in [1.807, 2.05) is 12.1 Å². The minimum absolute atomic E-state index is 0.298. The molecule has 1 aromatic heterocycles. The number of phenols is 1. The molecule has 1 aromatic carbocycles. The molecule has 0 amide bonds. The van der Waals surface area contributed by atoms with Crippen LogP contribution in [-0.4, -0.2) is 9.67 Å². The van der Waals surface area contributed by atoms with Gasteiger partial charge < -0.3 is 15.4 Å². The maximum atomic E-state index is 9.40. The normalized spacial score (nSPS) is 11.5. The Labute approximate surface area is 89.1 Å². The highest BCUT2D eigenvalue weighted by Crippen LogP contribution is 2.26. The van der Waals surface area contributed by atoms with Gasteiger partial charge in [0.25, 0.3) is 0 Å². The van der Waals surface area contributed by atoms with E-state index in [1.165, 1.54) is 0 Å². The van der Waals surface area contributed by atoms with Crippen LogP contribution in [0.25, 0.3) is 10.9 Å². The summed E-state index contributed by atoms with van der Waals surface area (Å²) in [5, 5.41) is 10.4. The van der Waals surface area contributed by atoms with Crippen molar-refractivity contribution in [2.75, 3.05) is 0 Å². The minimum atomic E-state index is 0.298. The van der Waals surface area contributed by atoms with Crippen molar-refractivity contribution in [1.29, 1.82) is 0 Å². The van der Waals surface area contributed by atoms with Gasteiger partial charge >= 0.3 is 0 Å². The molecule has 3 N–H and O–H groups in total. The second-order valence-corrected chi connectivity index (χ2v) is 4.05. The number of nitrogens with two attached hydrogens (primary N) is 1. The molecule has 0 aliphatic carbocycles. The molecule has 0 aliphatic heterocycles. The summed E-state index contributed by atoms with van der Waals surface area (Å²) in [4.78, 5) is 0. The molecule has 0 atom stereocenters. The Hall–Kier alpha value is -1.48. The van der Waals surface area contributed by atoms with Crippen LogP contribution in [-0.2, 0) is 6.54 Å². The SMILES string of the molecule is CC(C)n1c(CN)cc2cc(O)ccc21. The average molecular weight is 204 g/mol. The summed E-state index contributed by atoms with van der Waals surface area (Å²) in [5.74, 6) is 0.298. The predicted octanol–water partition coefficient (Wildman–Crippen LogP) is 2.39. The first-order chi connectivity index (χ1) is 7.13. The van der Waals surface area contributed by atoms with Gasteiger partial charge in [-0.15, -0.1) is 0 Å². The fourth-order valence-corrected chi connectivity index (χ4v) is 2.05. The van der Waals surface area contributed by atoms with Gasteiger partial charge in [-0.25, -0.2) is 0 Å². The first-order valence-electron chi connectivity index (χ1n) is 5.16. The highest BCUT2D eigenvalue weighted by Gasteiger charge is 2.10. The molecule has 0 aliphatic rings. The zero-order valence-electron chi connectivity index (χ0n) is 9.07. The molecule has 3 nitrogen and oxygen atoms in total. The smallest absolute Gasteiger partial charge is 0.116 e. The molecule has 0 radical (unpaired) electrons. The summed E-state index contributed by atoms with van der Waals surface area (Å²) in [7, 11) is 0. The van der Waals surface area contributed by atoms with Crippen LogP contribution in [0, 0.1) is 0 Å². The molecule has 0 bridgehead atoms. The number of fused-ring (bicyclic) bond motifs is 1. The third-order valence-corrected chi connectivity index (χ3v) is 2.63. The Morgan fingerprint density at radius 3 is 2.67 bits per heavy atom. The van der Waals surface area contributed by atoms with Crippen LogP contribution in [0.2, 0.25) is 0 Å². The molecule has 3 heteroatoms. The van der Waals surface area contributed by atoms with Crippen molar-refractivity contribution in [2.45, 2.75) is 26.4 Å². The summed E-state index contributed by atoms with van der Waals surface area (Å²) in [6.45, 7) is 4.78. The van der Waals surface area contributed by atoms with E-state index < -0.39 is 0 Å². The maximum absolute atomic E-state index is 9.40. The third kappa shape index (κ3) is 1.59. The lowest BCUT2D eigenvalue weighted by Gasteiger charge is -2.13. The Morgan fingerprint density at radius 1 is 1.33 bits per heavy atom. The van der Waals surface area contributed by atoms with Gasteiger partial charge in [0.05, 0.1) is 0 Å². The van der Waals surface area contributed by atoms with Crippen molar-refractivity contribution in [3.05, 3.63) is 30.0 Å². The van der Waals surface area contributed by atoms with Gasteiger partial charge in [-0.1, -0.05) is 0 Å². The fourth-order valence-electron chi connectivity index (χ4n) is 2.05. The van der Waals surface area contributed by atoms with E-state index >= 15 is 0 Å². The second kappa shape index (κ2) is 3.59. The molecule has 1 heterocycles. The van der Waals surface area contributed by atoms with Crippen molar-refractivity contribution in [3.8, 4) is 5.75 Å². The van der Waals surface area contributed by atoms with Gasteiger partial charge in [-0.2, -0.15) is 0 Å². The van der Waals surface area contributed by atoms with E-state index in [-0.39, 0.29) is 0 Å². The van der Waals surface area contributed by atoms with E-state index in [9.17, 15) is 5.11 Å². The lowest BCUT2D eigenvalue weighted by molar-refractivity contribution is 0.476. The van der Waals surface area contributed by atoms with E-state index in [2.05, 4.69) is 18.4 Å². The number of rotatable bonds is 2. The summed E-state index contributed by atoms with van der Waals surface area (Å²) < 4.78 is 2.20. The van der Waals surface area contributed by atoms with Gasteiger partial charge in [0.15, 0.2) is 0 Å². The Balaban J connectivity index is 2.74. The first-order valence-corrected chi connectivity index (χ1v) is 5.16. The molecule has 2 rings (SSSR count). The van der Waals surface area contributed by atoms with Crippen LogP contribution in [0.1, 0.15) is 25.6 Å². The predicted molar refractivity (Wildman–Crippen MR) is 61.9 cm³/mol. The van der Waals surface area contributed by atoms with Gasteiger partial charge in [-0.05, 0) is 38.1 Å². The van der Waals surface area contributed by atoms with Crippen molar-refractivity contribution in [1.82, 2.24) is 4.57 Å². The summed E-state index contributed by atoms with van der Waals surface area (Å²) in [5.41, 5.74) is 7.94. The highest BCUT2D eigenvalue weighted by atomic mass is 16.3. The summed E-state index contributed by atoms with van der Waals surface area (Å²) in [6.07, 6.45) is 0. The molecular weight excluding hydrogens is 188 g/mol. The number of aromatic hydroxyl groups is 1. The van der Waals surface area contributed by atoms with Gasteiger partial charge in [-0.3, -0.25) is 0 Å². The number of phenolic OH excluding ortho intramolecular Hbond substituents is 1. The van der Waals surface area contributed by atoms with Crippen LogP contribution in [0.5, 0.6) is 5.75 Å². The molecule has 0 fully saturated rings. The largest absolute Gasteiger partial charge is 0.508 e.